The van der Waals surface area contributed by atoms with Crippen LogP contribution in [0.4, 0.5) is 5.95 Å². The first-order chi connectivity index (χ1) is 10.4. The zero-order valence-corrected chi connectivity index (χ0v) is 14.3. The summed E-state index contributed by atoms with van der Waals surface area (Å²) in [6.07, 6.45) is 3.33. The predicted molar refractivity (Wildman–Crippen MR) is 88.6 cm³/mol. The third-order valence-corrected chi connectivity index (χ3v) is 4.78. The highest BCUT2D eigenvalue weighted by Crippen LogP contribution is 2.25. The monoisotopic (exact) mass is 381 g/mol. The van der Waals surface area contributed by atoms with Gasteiger partial charge in [0, 0.05) is 17.3 Å². The van der Waals surface area contributed by atoms with Crippen LogP contribution in [0.3, 0.4) is 0 Å². The fourth-order valence-electron chi connectivity index (χ4n) is 2.42. The molecule has 8 heteroatoms. The molecule has 0 saturated carbocycles. The maximum absolute atomic E-state index is 12.2. The van der Waals surface area contributed by atoms with Crippen LogP contribution in [0, 0.1) is 19.1 Å². The zero-order valence-electron chi connectivity index (χ0n) is 12.0. The molecule has 0 aliphatic rings. The number of hydrogen-bond acceptors (Lipinski definition) is 4. The zero-order chi connectivity index (χ0) is 16.0. The van der Waals surface area contributed by atoms with E-state index in [4.69, 9.17) is 17.3 Å². The smallest absolute Gasteiger partial charge is 0.223 e. The number of fused-ring (bicyclic) bond motifs is 1. The van der Waals surface area contributed by atoms with Crippen LogP contribution in [-0.4, -0.2) is 14.5 Å². The summed E-state index contributed by atoms with van der Waals surface area (Å²) >= 11 is 9.61. The molecular weight excluding hydrogens is 370 g/mol. The normalized spacial score (nSPS) is 11.3. The molecule has 3 aromatic heterocycles. The van der Waals surface area contributed by atoms with Gasteiger partial charge in [-0.15, -0.1) is 0 Å². The molecule has 0 bridgehead atoms. The number of hydrogen-bond donors (Lipinski definition) is 1. The average molecular weight is 383 g/mol. The summed E-state index contributed by atoms with van der Waals surface area (Å²) in [5.41, 5.74) is 8.45. The molecule has 0 spiro atoms. The SMILES string of the molecule is Cc1c[n+]([O-])c(Cn2ccc3c(Br)nc(N)nc32)c(C)c1Cl. The molecule has 0 amide bonds. The molecule has 3 rings (SSSR count). The summed E-state index contributed by atoms with van der Waals surface area (Å²) in [6, 6.07) is 1.87. The van der Waals surface area contributed by atoms with Crippen LogP contribution in [0.5, 0.6) is 0 Å². The molecule has 0 fully saturated rings. The van der Waals surface area contributed by atoms with E-state index in [9.17, 15) is 5.21 Å². The van der Waals surface area contributed by atoms with E-state index in [-0.39, 0.29) is 5.95 Å². The second-order valence-corrected chi connectivity index (χ2v) is 6.21. The Morgan fingerprint density at radius 1 is 1.41 bits per heavy atom. The molecule has 0 radical (unpaired) electrons. The van der Waals surface area contributed by atoms with Crippen molar-refractivity contribution in [3.05, 3.63) is 50.1 Å². The van der Waals surface area contributed by atoms with Gasteiger partial charge in [0.1, 0.15) is 16.8 Å². The minimum Gasteiger partial charge on any atom is -0.618 e. The first-order valence-corrected chi connectivity index (χ1v) is 7.71. The van der Waals surface area contributed by atoms with E-state index in [1.54, 1.807) is 0 Å². The Balaban J connectivity index is 2.14. The van der Waals surface area contributed by atoms with Crippen molar-refractivity contribution in [1.82, 2.24) is 14.5 Å². The topological polar surface area (TPSA) is 83.7 Å². The van der Waals surface area contributed by atoms with Crippen molar-refractivity contribution in [2.45, 2.75) is 20.4 Å². The number of rotatable bonds is 2. The van der Waals surface area contributed by atoms with Crippen LogP contribution in [0.1, 0.15) is 16.8 Å². The van der Waals surface area contributed by atoms with Crippen LogP contribution < -0.4 is 10.5 Å². The van der Waals surface area contributed by atoms with E-state index in [2.05, 4.69) is 25.9 Å². The van der Waals surface area contributed by atoms with E-state index in [0.29, 0.717) is 27.5 Å². The van der Waals surface area contributed by atoms with Gasteiger partial charge in [-0.3, -0.25) is 0 Å². The van der Waals surface area contributed by atoms with Crippen molar-refractivity contribution < 1.29 is 4.73 Å². The van der Waals surface area contributed by atoms with E-state index >= 15 is 0 Å². The molecule has 0 aliphatic carbocycles. The van der Waals surface area contributed by atoms with Gasteiger partial charge in [-0.05, 0) is 35.8 Å². The Labute approximate surface area is 140 Å². The van der Waals surface area contributed by atoms with E-state index in [1.165, 1.54) is 6.20 Å². The third kappa shape index (κ3) is 2.40. The number of aromatic nitrogens is 4. The maximum atomic E-state index is 12.2. The highest BCUT2D eigenvalue weighted by atomic mass is 79.9. The number of halogens is 2. The Hall–Kier alpha value is -1.86. The average Bonchev–Trinajstić information content (AvgIpc) is 2.84. The lowest BCUT2D eigenvalue weighted by molar-refractivity contribution is -0.615. The van der Waals surface area contributed by atoms with Crippen LogP contribution in [-0.2, 0) is 6.54 Å². The van der Waals surface area contributed by atoms with E-state index < -0.39 is 0 Å². The Morgan fingerprint density at radius 3 is 2.86 bits per heavy atom. The van der Waals surface area contributed by atoms with Crippen molar-refractivity contribution in [2.75, 3.05) is 5.73 Å². The Morgan fingerprint density at radius 2 is 2.14 bits per heavy atom. The third-order valence-electron chi connectivity index (χ3n) is 3.59. The second-order valence-electron chi connectivity index (χ2n) is 5.08. The number of anilines is 1. The Kier molecular flexibility index (Phi) is 3.70. The van der Waals surface area contributed by atoms with Gasteiger partial charge in [-0.2, -0.15) is 9.71 Å². The molecule has 0 aromatic carbocycles. The molecule has 0 saturated heterocycles. The van der Waals surface area contributed by atoms with E-state index in [1.807, 2.05) is 30.7 Å². The number of nitrogens with zero attached hydrogens (tertiary/aromatic N) is 4. The number of pyridine rings is 1. The summed E-state index contributed by atoms with van der Waals surface area (Å²) in [6.45, 7) is 4.00. The number of nitrogen functional groups attached to an aromatic ring is 1. The van der Waals surface area contributed by atoms with Gasteiger partial charge in [0.05, 0.1) is 10.4 Å². The molecule has 22 heavy (non-hydrogen) atoms. The summed E-state index contributed by atoms with van der Waals surface area (Å²) in [5.74, 6) is 0.174. The van der Waals surface area contributed by atoms with Gasteiger partial charge in [-0.25, -0.2) is 4.98 Å². The molecule has 3 aromatic rings. The second kappa shape index (κ2) is 5.40. The van der Waals surface area contributed by atoms with Gasteiger partial charge in [0.2, 0.25) is 11.6 Å². The highest BCUT2D eigenvalue weighted by Gasteiger charge is 2.18. The summed E-state index contributed by atoms with van der Waals surface area (Å²) in [4.78, 5) is 8.31. The fourth-order valence-corrected chi connectivity index (χ4v) is 3.07. The van der Waals surface area contributed by atoms with Crippen molar-refractivity contribution in [3.8, 4) is 0 Å². The van der Waals surface area contributed by atoms with Gasteiger partial charge >= 0.3 is 0 Å². The molecule has 2 N–H and O–H groups in total. The number of nitrogens with two attached hydrogens (primary N) is 1. The number of aryl methyl sites for hydroxylation is 1. The van der Waals surface area contributed by atoms with Gasteiger partial charge in [-0.1, -0.05) is 11.6 Å². The first kappa shape index (κ1) is 15.1. The van der Waals surface area contributed by atoms with Crippen LogP contribution in [0.15, 0.2) is 23.1 Å². The van der Waals surface area contributed by atoms with Gasteiger partial charge in [0.15, 0.2) is 6.20 Å². The first-order valence-electron chi connectivity index (χ1n) is 6.54. The summed E-state index contributed by atoms with van der Waals surface area (Å²) in [7, 11) is 0. The lowest BCUT2D eigenvalue weighted by Crippen LogP contribution is -2.34. The molecule has 0 aliphatic heterocycles. The van der Waals surface area contributed by atoms with E-state index in [0.717, 1.165) is 21.2 Å². The molecule has 6 nitrogen and oxygen atoms in total. The molecule has 0 unspecified atom stereocenters. The van der Waals surface area contributed by atoms with Gasteiger partial charge in [0.25, 0.3) is 0 Å². The minimum absolute atomic E-state index is 0.174. The lowest BCUT2D eigenvalue weighted by atomic mass is 10.1. The van der Waals surface area contributed by atoms with Gasteiger partial charge < -0.3 is 15.5 Å². The van der Waals surface area contributed by atoms with Crippen molar-refractivity contribution in [2.24, 2.45) is 0 Å². The summed E-state index contributed by atoms with van der Waals surface area (Å²) in [5, 5.41) is 13.6. The lowest BCUT2D eigenvalue weighted by Gasteiger charge is -2.12. The predicted octanol–water partition coefficient (Wildman–Crippen LogP) is 2.73. The minimum atomic E-state index is 0.174. The quantitative estimate of drug-likeness (QED) is 0.419. The van der Waals surface area contributed by atoms with Crippen LogP contribution >= 0.6 is 27.5 Å². The summed E-state index contributed by atoms with van der Waals surface area (Å²) < 4.78 is 3.32. The standard InChI is InChI=1S/C14H13BrClN5O/c1-7-5-21(22)10(8(2)11(7)16)6-20-4-3-9-12(15)18-14(17)19-13(9)20/h3-5H,6H2,1-2H3,(H2,17,18,19). The fraction of sp³-hybridized carbons (Fsp3) is 0.214. The molecular formula is C14H13BrClN5O. The van der Waals surface area contributed by atoms with Crippen molar-refractivity contribution in [3.63, 3.8) is 0 Å². The van der Waals surface area contributed by atoms with Crippen LogP contribution in [0.25, 0.3) is 11.0 Å². The molecule has 3 heterocycles. The largest absolute Gasteiger partial charge is 0.618 e. The maximum Gasteiger partial charge on any atom is 0.223 e. The molecule has 0 atom stereocenters. The van der Waals surface area contributed by atoms with Crippen molar-refractivity contribution >= 4 is 44.5 Å². The Bertz CT molecular complexity index is 893. The highest BCUT2D eigenvalue weighted by molar-refractivity contribution is 9.10. The molecule has 114 valence electrons. The van der Waals surface area contributed by atoms with Crippen LogP contribution in [0.2, 0.25) is 5.02 Å². The van der Waals surface area contributed by atoms with Crippen molar-refractivity contribution in [1.29, 1.82) is 0 Å².